The number of thioether (sulfide) groups is 1. The first kappa shape index (κ1) is 15.5. The topological polar surface area (TPSA) is 68.0 Å². The molecule has 0 bridgehead atoms. The number of hydrogen-bond donors (Lipinski definition) is 1. The van der Waals surface area contributed by atoms with Crippen molar-refractivity contribution in [3.8, 4) is 0 Å². The Morgan fingerprint density at radius 2 is 2.09 bits per heavy atom. The number of nitrogens with zero attached hydrogens (tertiary/aromatic N) is 2. The number of benzene rings is 1. The third-order valence-corrected chi connectivity index (χ3v) is 4.83. The molecule has 116 valence electrons. The van der Waals surface area contributed by atoms with E-state index in [0.29, 0.717) is 10.9 Å². The van der Waals surface area contributed by atoms with E-state index < -0.39 is 0 Å². The minimum absolute atomic E-state index is 0.267. The monoisotopic (exact) mass is 343 g/mol. The fourth-order valence-electron chi connectivity index (χ4n) is 1.73. The van der Waals surface area contributed by atoms with Gasteiger partial charge in [0.2, 0.25) is 11.0 Å². The molecule has 23 heavy (non-hydrogen) atoms. The molecule has 1 N–H and O–H groups in total. The largest absolute Gasteiger partial charge is 0.465 e. The Morgan fingerprint density at radius 1 is 1.22 bits per heavy atom. The molecule has 0 aliphatic rings. The molecule has 0 aliphatic carbocycles. The van der Waals surface area contributed by atoms with E-state index in [9.17, 15) is 4.79 Å². The molecule has 0 unspecified atom stereocenters. The van der Waals surface area contributed by atoms with Crippen LogP contribution in [0.2, 0.25) is 0 Å². The van der Waals surface area contributed by atoms with Crippen LogP contribution in [0.5, 0.6) is 0 Å². The van der Waals surface area contributed by atoms with E-state index in [1.54, 1.807) is 36.2 Å². The van der Waals surface area contributed by atoms with Crippen molar-refractivity contribution >= 4 is 40.2 Å². The van der Waals surface area contributed by atoms with Gasteiger partial charge in [-0.3, -0.25) is 10.1 Å². The summed E-state index contributed by atoms with van der Waals surface area (Å²) < 4.78 is 5.94. The number of aromatic nitrogens is 2. The lowest BCUT2D eigenvalue weighted by Gasteiger charge is -1.96. The molecule has 0 saturated heterocycles. The number of furan rings is 1. The van der Waals surface area contributed by atoms with Crippen LogP contribution in [0.25, 0.3) is 6.08 Å². The number of carbonyl (C=O) groups excluding carboxylic acids is 1. The molecule has 3 rings (SSSR count). The van der Waals surface area contributed by atoms with Gasteiger partial charge in [0.05, 0.1) is 6.26 Å². The summed E-state index contributed by atoms with van der Waals surface area (Å²) in [4.78, 5) is 11.8. The molecule has 0 spiro atoms. The molecule has 0 saturated carbocycles. The van der Waals surface area contributed by atoms with Gasteiger partial charge in [0, 0.05) is 11.8 Å². The predicted molar refractivity (Wildman–Crippen MR) is 92.3 cm³/mol. The molecule has 0 fully saturated rings. The maximum Gasteiger partial charge on any atom is 0.250 e. The van der Waals surface area contributed by atoms with Gasteiger partial charge in [-0.1, -0.05) is 53.4 Å². The molecular formula is C16H13N3O2S2. The Bertz CT molecular complexity index is 783. The number of hydrogen-bond acceptors (Lipinski definition) is 6. The lowest BCUT2D eigenvalue weighted by Crippen LogP contribution is -2.07. The molecular weight excluding hydrogens is 330 g/mol. The van der Waals surface area contributed by atoms with Crippen molar-refractivity contribution in [1.29, 1.82) is 0 Å². The van der Waals surface area contributed by atoms with Crippen molar-refractivity contribution in [1.82, 2.24) is 10.2 Å². The summed E-state index contributed by atoms with van der Waals surface area (Å²) in [6.07, 6.45) is 4.55. The average molecular weight is 343 g/mol. The van der Waals surface area contributed by atoms with Gasteiger partial charge < -0.3 is 4.42 Å². The zero-order valence-electron chi connectivity index (χ0n) is 12.0. The molecule has 0 aliphatic heterocycles. The third kappa shape index (κ3) is 4.80. The van der Waals surface area contributed by atoms with Crippen molar-refractivity contribution < 1.29 is 9.21 Å². The van der Waals surface area contributed by atoms with E-state index in [4.69, 9.17) is 4.42 Å². The molecule has 0 atom stereocenters. The second-order valence-corrected chi connectivity index (χ2v) is 6.69. The van der Waals surface area contributed by atoms with E-state index in [0.717, 1.165) is 10.1 Å². The van der Waals surface area contributed by atoms with Gasteiger partial charge in [-0.05, 0) is 23.8 Å². The van der Waals surface area contributed by atoms with E-state index in [2.05, 4.69) is 27.6 Å². The molecule has 7 heteroatoms. The standard InChI is InChI=1S/C16H13N3O2S2/c20-14(9-8-13-7-4-10-21-13)17-15-18-19-16(23-15)22-11-12-5-2-1-3-6-12/h1-10H,11H2,(H,17,18,20)/b9-8+. The number of anilines is 1. The van der Waals surface area contributed by atoms with Gasteiger partial charge in [-0.15, -0.1) is 10.2 Å². The Labute approximate surface area is 141 Å². The SMILES string of the molecule is O=C(/C=C/c1ccco1)Nc1nnc(SCc2ccccc2)s1. The molecule has 1 amide bonds. The van der Waals surface area contributed by atoms with Crippen LogP contribution >= 0.6 is 23.1 Å². The van der Waals surface area contributed by atoms with Gasteiger partial charge in [0.15, 0.2) is 4.34 Å². The predicted octanol–water partition coefficient (Wildman–Crippen LogP) is 4.08. The number of rotatable bonds is 6. The van der Waals surface area contributed by atoms with E-state index in [-0.39, 0.29) is 5.91 Å². The third-order valence-electron chi connectivity index (χ3n) is 2.78. The molecule has 2 heterocycles. The van der Waals surface area contributed by atoms with Gasteiger partial charge >= 0.3 is 0 Å². The number of carbonyl (C=O) groups is 1. The first-order valence-corrected chi connectivity index (χ1v) is 8.62. The van der Waals surface area contributed by atoms with Gasteiger partial charge in [-0.2, -0.15) is 0 Å². The summed E-state index contributed by atoms with van der Waals surface area (Å²) in [5.74, 6) is 1.18. The first-order valence-electron chi connectivity index (χ1n) is 6.82. The maximum absolute atomic E-state index is 11.8. The molecule has 5 nitrogen and oxygen atoms in total. The van der Waals surface area contributed by atoms with Crippen molar-refractivity contribution in [2.45, 2.75) is 10.1 Å². The molecule has 3 aromatic rings. The Hall–Kier alpha value is -2.38. The van der Waals surface area contributed by atoms with Crippen LogP contribution in [-0.2, 0) is 10.5 Å². The lowest BCUT2D eigenvalue weighted by molar-refractivity contribution is -0.111. The van der Waals surface area contributed by atoms with Crippen LogP contribution in [0.15, 0.2) is 63.6 Å². The highest BCUT2D eigenvalue weighted by atomic mass is 32.2. The fraction of sp³-hybridized carbons (Fsp3) is 0.0625. The van der Waals surface area contributed by atoms with Gasteiger partial charge in [-0.25, -0.2) is 0 Å². The number of nitrogens with one attached hydrogen (secondary N) is 1. The van der Waals surface area contributed by atoms with Crippen LogP contribution in [0, 0.1) is 0 Å². The fourth-order valence-corrected chi connectivity index (χ4v) is 3.44. The zero-order valence-corrected chi connectivity index (χ0v) is 13.6. The minimum atomic E-state index is -0.267. The summed E-state index contributed by atoms with van der Waals surface area (Å²) in [6.45, 7) is 0. The molecule has 1 aromatic carbocycles. The van der Waals surface area contributed by atoms with E-state index in [1.807, 2.05) is 18.2 Å². The Balaban J connectivity index is 1.51. The summed E-state index contributed by atoms with van der Waals surface area (Å²) in [5, 5.41) is 11.2. The van der Waals surface area contributed by atoms with Crippen LogP contribution in [0.4, 0.5) is 5.13 Å². The second-order valence-electron chi connectivity index (χ2n) is 4.49. The number of amides is 1. The highest BCUT2D eigenvalue weighted by molar-refractivity contribution is 8.00. The summed E-state index contributed by atoms with van der Waals surface area (Å²) in [5.41, 5.74) is 1.22. The van der Waals surface area contributed by atoms with Crippen molar-refractivity contribution in [3.05, 3.63) is 66.1 Å². The highest BCUT2D eigenvalue weighted by Crippen LogP contribution is 2.28. The zero-order chi connectivity index (χ0) is 15.9. The van der Waals surface area contributed by atoms with Crippen LogP contribution in [0.1, 0.15) is 11.3 Å². The van der Waals surface area contributed by atoms with Crippen molar-refractivity contribution in [2.75, 3.05) is 5.32 Å². The normalized spacial score (nSPS) is 11.0. The Kier molecular flexibility index (Phi) is 5.23. The molecule has 0 radical (unpaired) electrons. The van der Waals surface area contributed by atoms with Crippen molar-refractivity contribution in [3.63, 3.8) is 0 Å². The quantitative estimate of drug-likeness (QED) is 0.415. The van der Waals surface area contributed by atoms with E-state index >= 15 is 0 Å². The Morgan fingerprint density at radius 3 is 2.87 bits per heavy atom. The lowest BCUT2D eigenvalue weighted by atomic mass is 10.2. The summed E-state index contributed by atoms with van der Waals surface area (Å²) in [7, 11) is 0. The van der Waals surface area contributed by atoms with Crippen LogP contribution in [-0.4, -0.2) is 16.1 Å². The van der Waals surface area contributed by atoms with Crippen molar-refractivity contribution in [2.24, 2.45) is 0 Å². The maximum atomic E-state index is 11.8. The average Bonchev–Trinajstić information content (AvgIpc) is 3.24. The summed E-state index contributed by atoms with van der Waals surface area (Å²) >= 11 is 2.95. The van der Waals surface area contributed by atoms with Crippen LogP contribution in [0.3, 0.4) is 0 Å². The van der Waals surface area contributed by atoms with Gasteiger partial charge in [0.25, 0.3) is 0 Å². The minimum Gasteiger partial charge on any atom is -0.465 e. The van der Waals surface area contributed by atoms with E-state index in [1.165, 1.54) is 23.0 Å². The van der Waals surface area contributed by atoms with Gasteiger partial charge in [0.1, 0.15) is 5.76 Å². The molecule has 2 aromatic heterocycles. The first-order chi connectivity index (χ1) is 11.3. The smallest absolute Gasteiger partial charge is 0.250 e. The second kappa shape index (κ2) is 7.75. The highest BCUT2D eigenvalue weighted by Gasteiger charge is 2.07. The summed E-state index contributed by atoms with van der Waals surface area (Å²) in [6, 6.07) is 13.7. The van der Waals surface area contributed by atoms with Crippen LogP contribution < -0.4 is 5.32 Å².